The van der Waals surface area contributed by atoms with Crippen molar-refractivity contribution in [1.29, 1.82) is 0 Å². The normalized spacial score (nSPS) is 10.5. The third kappa shape index (κ3) is 3.98. The zero-order chi connectivity index (χ0) is 16.1. The van der Waals surface area contributed by atoms with Gasteiger partial charge in [0.25, 0.3) is 5.91 Å². The van der Waals surface area contributed by atoms with Crippen LogP contribution >= 0.6 is 11.3 Å². The van der Waals surface area contributed by atoms with Crippen LogP contribution in [0, 0.1) is 6.92 Å². The van der Waals surface area contributed by atoms with Crippen LogP contribution in [-0.4, -0.2) is 27.4 Å². The average Bonchev–Trinajstić information content (AvgIpc) is 3.05. The van der Waals surface area contributed by atoms with Gasteiger partial charge in [-0.15, -0.1) is 11.3 Å². The molecule has 0 unspecified atom stereocenters. The van der Waals surface area contributed by atoms with E-state index in [4.69, 9.17) is 0 Å². The van der Waals surface area contributed by atoms with Gasteiger partial charge in [-0.2, -0.15) is 0 Å². The standard InChI is InChI=1S/C17H16N4OS/c1-12-2-4-13(5-3-12)17-21-14(11-23-17)6-7-20-16(22)15-10-18-8-9-19-15/h2-5,8-11H,6-7H2,1H3,(H,20,22). The number of nitrogens with zero attached hydrogens (tertiary/aromatic N) is 3. The van der Waals surface area contributed by atoms with Gasteiger partial charge in [0.15, 0.2) is 0 Å². The van der Waals surface area contributed by atoms with E-state index in [0.717, 1.165) is 16.3 Å². The lowest BCUT2D eigenvalue weighted by Crippen LogP contribution is -2.26. The highest BCUT2D eigenvalue weighted by Crippen LogP contribution is 2.24. The molecule has 1 N–H and O–H groups in total. The van der Waals surface area contributed by atoms with Gasteiger partial charge >= 0.3 is 0 Å². The third-order valence-electron chi connectivity index (χ3n) is 3.31. The van der Waals surface area contributed by atoms with Crippen molar-refractivity contribution in [3.05, 3.63) is 65.2 Å². The molecule has 0 fully saturated rings. The lowest BCUT2D eigenvalue weighted by Gasteiger charge is -2.02. The summed E-state index contributed by atoms with van der Waals surface area (Å²) in [5, 5.41) is 5.86. The van der Waals surface area contributed by atoms with Gasteiger partial charge in [-0.1, -0.05) is 29.8 Å². The molecular weight excluding hydrogens is 308 g/mol. The first kappa shape index (κ1) is 15.3. The summed E-state index contributed by atoms with van der Waals surface area (Å²) in [6, 6.07) is 8.32. The van der Waals surface area contributed by atoms with Crippen molar-refractivity contribution in [1.82, 2.24) is 20.3 Å². The van der Waals surface area contributed by atoms with Crippen LogP contribution in [0.2, 0.25) is 0 Å². The number of benzene rings is 1. The van der Waals surface area contributed by atoms with Gasteiger partial charge in [0.1, 0.15) is 10.7 Å². The monoisotopic (exact) mass is 324 g/mol. The smallest absolute Gasteiger partial charge is 0.271 e. The van der Waals surface area contributed by atoms with Crippen molar-refractivity contribution < 1.29 is 4.79 Å². The molecule has 3 rings (SSSR count). The van der Waals surface area contributed by atoms with Crippen LogP contribution in [0.1, 0.15) is 21.7 Å². The summed E-state index contributed by atoms with van der Waals surface area (Å²) < 4.78 is 0. The molecule has 0 bridgehead atoms. The van der Waals surface area contributed by atoms with Gasteiger partial charge in [-0.05, 0) is 6.92 Å². The molecule has 3 aromatic rings. The number of nitrogens with one attached hydrogen (secondary N) is 1. The van der Waals surface area contributed by atoms with E-state index in [-0.39, 0.29) is 5.91 Å². The summed E-state index contributed by atoms with van der Waals surface area (Å²) in [5.74, 6) is -0.216. The largest absolute Gasteiger partial charge is 0.350 e. The fraction of sp³-hybridized carbons (Fsp3) is 0.176. The molecule has 0 saturated heterocycles. The van der Waals surface area contributed by atoms with E-state index in [1.165, 1.54) is 18.0 Å². The van der Waals surface area contributed by atoms with Crippen molar-refractivity contribution in [3.63, 3.8) is 0 Å². The minimum atomic E-state index is -0.216. The Morgan fingerprint density at radius 3 is 2.78 bits per heavy atom. The number of aryl methyl sites for hydroxylation is 1. The van der Waals surface area contributed by atoms with Crippen LogP contribution in [0.25, 0.3) is 10.6 Å². The van der Waals surface area contributed by atoms with Crippen molar-refractivity contribution in [2.75, 3.05) is 6.54 Å². The van der Waals surface area contributed by atoms with E-state index in [0.29, 0.717) is 18.7 Å². The summed E-state index contributed by atoms with van der Waals surface area (Å²) in [5.41, 5.74) is 3.66. The maximum absolute atomic E-state index is 11.9. The average molecular weight is 324 g/mol. The second-order valence-corrected chi connectivity index (χ2v) is 5.96. The molecule has 0 atom stereocenters. The number of rotatable bonds is 5. The Balaban J connectivity index is 1.55. The lowest BCUT2D eigenvalue weighted by molar-refractivity contribution is 0.0948. The van der Waals surface area contributed by atoms with Crippen molar-refractivity contribution in [2.24, 2.45) is 0 Å². The van der Waals surface area contributed by atoms with E-state index in [1.807, 2.05) is 5.38 Å². The molecule has 116 valence electrons. The summed E-state index contributed by atoms with van der Waals surface area (Å²) in [7, 11) is 0. The van der Waals surface area contributed by atoms with Gasteiger partial charge in [0.2, 0.25) is 0 Å². The van der Waals surface area contributed by atoms with Crippen molar-refractivity contribution in [3.8, 4) is 10.6 Å². The summed E-state index contributed by atoms with van der Waals surface area (Å²) in [6.45, 7) is 2.59. The van der Waals surface area contributed by atoms with Crippen LogP contribution in [0.15, 0.2) is 48.2 Å². The summed E-state index contributed by atoms with van der Waals surface area (Å²) >= 11 is 1.62. The predicted octanol–water partition coefficient (Wildman–Crippen LogP) is 2.88. The van der Waals surface area contributed by atoms with Gasteiger partial charge in [0, 0.05) is 36.3 Å². The number of hydrogen-bond donors (Lipinski definition) is 1. The number of aromatic nitrogens is 3. The Hall–Kier alpha value is -2.60. The zero-order valence-electron chi connectivity index (χ0n) is 12.7. The molecule has 1 amide bonds. The molecule has 23 heavy (non-hydrogen) atoms. The number of amides is 1. The fourth-order valence-electron chi connectivity index (χ4n) is 2.06. The van der Waals surface area contributed by atoms with E-state index in [9.17, 15) is 4.79 Å². The second kappa shape index (κ2) is 7.11. The van der Waals surface area contributed by atoms with Crippen molar-refractivity contribution in [2.45, 2.75) is 13.3 Å². The molecule has 0 saturated carbocycles. The maximum atomic E-state index is 11.9. The highest BCUT2D eigenvalue weighted by Gasteiger charge is 2.08. The summed E-state index contributed by atoms with van der Waals surface area (Å²) in [4.78, 5) is 24.3. The molecule has 0 spiro atoms. The molecule has 2 aromatic heterocycles. The Bertz CT molecular complexity index is 784. The van der Waals surface area contributed by atoms with Crippen LogP contribution in [0.3, 0.4) is 0 Å². The third-order valence-corrected chi connectivity index (χ3v) is 4.25. The molecule has 1 aromatic carbocycles. The number of thiazole rings is 1. The topological polar surface area (TPSA) is 67.8 Å². The first-order chi connectivity index (χ1) is 11.2. The minimum absolute atomic E-state index is 0.216. The Morgan fingerprint density at radius 1 is 1.22 bits per heavy atom. The van der Waals surface area contributed by atoms with Crippen LogP contribution < -0.4 is 5.32 Å². The second-order valence-electron chi connectivity index (χ2n) is 5.11. The van der Waals surface area contributed by atoms with Gasteiger partial charge < -0.3 is 5.32 Å². The molecule has 0 aliphatic carbocycles. The zero-order valence-corrected chi connectivity index (χ0v) is 13.5. The van der Waals surface area contributed by atoms with Crippen molar-refractivity contribution >= 4 is 17.2 Å². The highest BCUT2D eigenvalue weighted by molar-refractivity contribution is 7.13. The Morgan fingerprint density at radius 2 is 2.04 bits per heavy atom. The Kier molecular flexibility index (Phi) is 4.73. The molecular formula is C17H16N4OS. The van der Waals surface area contributed by atoms with Crippen LogP contribution in [0.4, 0.5) is 0 Å². The summed E-state index contributed by atoms with van der Waals surface area (Å²) in [6.07, 6.45) is 5.18. The first-order valence-corrected chi connectivity index (χ1v) is 8.16. The predicted molar refractivity (Wildman–Crippen MR) is 90.4 cm³/mol. The van der Waals surface area contributed by atoms with Crippen LogP contribution in [-0.2, 0) is 6.42 Å². The van der Waals surface area contributed by atoms with E-state index in [2.05, 4.69) is 51.5 Å². The number of carbonyl (C=O) groups excluding carboxylic acids is 1. The first-order valence-electron chi connectivity index (χ1n) is 7.28. The van der Waals surface area contributed by atoms with Crippen LogP contribution in [0.5, 0.6) is 0 Å². The fourth-order valence-corrected chi connectivity index (χ4v) is 2.92. The molecule has 6 heteroatoms. The molecule has 0 aliphatic rings. The lowest BCUT2D eigenvalue weighted by atomic mass is 10.2. The SMILES string of the molecule is Cc1ccc(-c2nc(CCNC(=O)c3cnccn3)cs2)cc1. The van der Waals surface area contributed by atoms with E-state index >= 15 is 0 Å². The minimum Gasteiger partial charge on any atom is -0.350 e. The maximum Gasteiger partial charge on any atom is 0.271 e. The molecule has 0 radical (unpaired) electrons. The number of carbonyl (C=O) groups is 1. The molecule has 2 heterocycles. The van der Waals surface area contributed by atoms with Gasteiger partial charge in [0.05, 0.1) is 11.9 Å². The highest BCUT2D eigenvalue weighted by atomic mass is 32.1. The van der Waals surface area contributed by atoms with E-state index < -0.39 is 0 Å². The molecule has 5 nitrogen and oxygen atoms in total. The molecule has 0 aliphatic heterocycles. The van der Waals surface area contributed by atoms with Gasteiger partial charge in [-0.25, -0.2) is 9.97 Å². The quantitative estimate of drug-likeness (QED) is 0.783. The van der Waals surface area contributed by atoms with E-state index in [1.54, 1.807) is 17.5 Å². The Labute approximate surface area is 138 Å². The van der Waals surface area contributed by atoms with Gasteiger partial charge in [-0.3, -0.25) is 9.78 Å². The number of hydrogen-bond acceptors (Lipinski definition) is 5.